The number of aliphatic hydroxyl groups is 1. The highest BCUT2D eigenvalue weighted by atomic mass is 79.9. The number of benzene rings is 2. The van der Waals surface area contributed by atoms with Gasteiger partial charge in [-0.3, -0.25) is 0 Å². The number of methoxy groups -OCH3 is 2. The van der Waals surface area contributed by atoms with Crippen molar-refractivity contribution in [2.24, 2.45) is 11.8 Å². The number of rotatable bonds is 5. The molecule has 3 aliphatic carbocycles. The first kappa shape index (κ1) is 31.3. The zero-order chi connectivity index (χ0) is 27.6. The molecule has 5 atom stereocenters. The van der Waals surface area contributed by atoms with Crippen LogP contribution >= 0.6 is 17.0 Å². The predicted octanol–water partition coefficient (Wildman–Crippen LogP) is 6.60. The van der Waals surface area contributed by atoms with E-state index in [1.165, 1.54) is 51.5 Å². The fraction of sp³-hybridized carbons (Fsp3) is 0.647. The van der Waals surface area contributed by atoms with Crippen molar-refractivity contribution >= 4 is 17.0 Å². The average molecular weight is 616 g/mol. The monoisotopic (exact) mass is 614 g/mol. The summed E-state index contributed by atoms with van der Waals surface area (Å²) in [5, 5.41) is 11.2. The maximum Gasteiger partial charge on any atom is 0.119 e. The molecule has 222 valence electrons. The molecule has 2 aromatic carbocycles. The maximum absolute atomic E-state index is 11.2. The Labute approximate surface area is 253 Å². The lowest BCUT2D eigenvalue weighted by Crippen LogP contribution is -2.59. The summed E-state index contributed by atoms with van der Waals surface area (Å²) in [6.07, 6.45) is 12.5. The van der Waals surface area contributed by atoms with Gasteiger partial charge in [-0.15, -0.1) is 17.0 Å². The third-order valence-electron chi connectivity index (χ3n) is 10.5. The number of piperidine rings is 1. The van der Waals surface area contributed by atoms with Gasteiger partial charge in [0.25, 0.3) is 0 Å². The van der Waals surface area contributed by atoms with Crippen molar-refractivity contribution in [1.82, 2.24) is 9.80 Å². The number of hydrogen-bond acceptors (Lipinski definition) is 5. The molecule has 2 saturated carbocycles. The summed E-state index contributed by atoms with van der Waals surface area (Å²) in [7, 11) is 9.93. The summed E-state index contributed by atoms with van der Waals surface area (Å²) in [4.78, 5) is 4.79. The van der Waals surface area contributed by atoms with E-state index in [1.54, 1.807) is 25.3 Å². The summed E-state index contributed by atoms with van der Waals surface area (Å²) in [5.74, 6) is 3.03. The van der Waals surface area contributed by atoms with Gasteiger partial charge in [0.1, 0.15) is 11.5 Å². The maximum atomic E-state index is 11.2. The van der Waals surface area contributed by atoms with Gasteiger partial charge in [-0.05, 0) is 113 Å². The molecule has 6 rings (SSSR count). The highest BCUT2D eigenvalue weighted by Gasteiger charge is 2.53. The van der Waals surface area contributed by atoms with Crippen LogP contribution in [0.25, 0.3) is 0 Å². The second kappa shape index (κ2) is 13.1. The van der Waals surface area contributed by atoms with Crippen molar-refractivity contribution < 1.29 is 14.6 Å². The van der Waals surface area contributed by atoms with Crippen LogP contribution in [-0.2, 0) is 17.4 Å². The molecule has 1 N–H and O–H groups in total. The Balaban J connectivity index is 0.000000181. The number of fused-ring (bicyclic) bond motifs is 1. The molecule has 40 heavy (non-hydrogen) atoms. The van der Waals surface area contributed by atoms with Gasteiger partial charge >= 0.3 is 0 Å². The van der Waals surface area contributed by atoms with E-state index in [0.717, 1.165) is 54.8 Å². The molecule has 5 nitrogen and oxygen atoms in total. The quantitative estimate of drug-likeness (QED) is 0.411. The van der Waals surface area contributed by atoms with Crippen LogP contribution in [-0.4, -0.2) is 69.4 Å². The Hall–Kier alpha value is -1.60. The van der Waals surface area contributed by atoms with E-state index in [2.05, 4.69) is 49.1 Å². The van der Waals surface area contributed by atoms with Crippen LogP contribution in [0, 0.1) is 11.8 Å². The van der Waals surface area contributed by atoms with Crippen LogP contribution in [0.4, 0.5) is 0 Å². The van der Waals surface area contributed by atoms with Crippen molar-refractivity contribution in [2.45, 2.75) is 81.3 Å². The number of likely N-dealkylation sites (tertiary alicyclic amines) is 1. The van der Waals surface area contributed by atoms with Gasteiger partial charge in [-0.25, -0.2) is 0 Å². The highest BCUT2D eigenvalue weighted by molar-refractivity contribution is 8.93. The number of likely N-dealkylation sites (N-methyl/N-ethyl adjacent to an activating group) is 1. The smallest absolute Gasteiger partial charge is 0.119 e. The Morgan fingerprint density at radius 1 is 0.925 bits per heavy atom. The van der Waals surface area contributed by atoms with Gasteiger partial charge in [0.05, 0.1) is 19.8 Å². The minimum atomic E-state index is -0.711. The number of hydrogen-bond donors (Lipinski definition) is 1. The van der Waals surface area contributed by atoms with Crippen LogP contribution in [0.1, 0.15) is 74.5 Å². The normalized spacial score (nSPS) is 31.1. The lowest BCUT2D eigenvalue weighted by atomic mass is 9.52. The Kier molecular flexibility index (Phi) is 10.3. The topological polar surface area (TPSA) is 45.2 Å². The summed E-state index contributed by atoms with van der Waals surface area (Å²) in [6.45, 7) is 2.19. The van der Waals surface area contributed by atoms with E-state index in [9.17, 15) is 5.11 Å². The van der Waals surface area contributed by atoms with Gasteiger partial charge in [0.2, 0.25) is 0 Å². The first-order chi connectivity index (χ1) is 18.8. The predicted molar refractivity (Wildman–Crippen MR) is 169 cm³/mol. The van der Waals surface area contributed by atoms with Crippen LogP contribution < -0.4 is 9.47 Å². The van der Waals surface area contributed by atoms with Crippen LogP contribution in [0.3, 0.4) is 0 Å². The van der Waals surface area contributed by atoms with Gasteiger partial charge in [0.15, 0.2) is 0 Å². The van der Waals surface area contributed by atoms with Crippen molar-refractivity contribution in [2.75, 3.05) is 48.5 Å². The lowest BCUT2D eigenvalue weighted by molar-refractivity contribution is -0.0619. The van der Waals surface area contributed by atoms with Gasteiger partial charge in [-0.2, -0.15) is 0 Å². The highest BCUT2D eigenvalue weighted by Crippen LogP contribution is 2.56. The van der Waals surface area contributed by atoms with E-state index in [0.29, 0.717) is 11.3 Å². The Bertz CT molecular complexity index is 1130. The molecule has 1 saturated heterocycles. The van der Waals surface area contributed by atoms with E-state index < -0.39 is 5.60 Å². The summed E-state index contributed by atoms with van der Waals surface area (Å²) in [5.41, 5.74) is 3.96. The third-order valence-corrected chi connectivity index (χ3v) is 10.5. The Morgan fingerprint density at radius 3 is 2.40 bits per heavy atom. The molecule has 2 bridgehead atoms. The number of nitrogens with zero attached hydrogens (tertiary/aromatic N) is 2. The molecule has 3 fully saturated rings. The van der Waals surface area contributed by atoms with Gasteiger partial charge in [0, 0.05) is 23.9 Å². The average Bonchev–Trinajstić information content (AvgIpc) is 2.96. The number of ether oxygens (including phenoxy) is 2. The largest absolute Gasteiger partial charge is 0.497 e. The van der Waals surface area contributed by atoms with Crippen molar-refractivity contribution in [1.29, 1.82) is 0 Å². The fourth-order valence-electron chi connectivity index (χ4n) is 8.49. The molecule has 4 aliphatic rings. The molecule has 0 amide bonds. The molecule has 1 heterocycles. The molecule has 0 spiro atoms. The number of halogens is 1. The minimum absolute atomic E-state index is 0. The fourth-order valence-corrected chi connectivity index (χ4v) is 8.49. The Morgan fingerprint density at radius 2 is 1.65 bits per heavy atom. The van der Waals surface area contributed by atoms with E-state index in [1.807, 2.05) is 24.3 Å². The zero-order valence-electron chi connectivity index (χ0n) is 25.3. The van der Waals surface area contributed by atoms with E-state index >= 15 is 0 Å². The summed E-state index contributed by atoms with van der Waals surface area (Å²) in [6, 6.07) is 15.5. The standard InChI is InChI=1S/C18H25NO.C16H25NO2.BrH/c1-19-10-9-18-8-4-3-5-15(18)17(19)11-13-6-7-14(20-2)12-16(13)18;1-17(2)12-14-7-4-5-10-16(14,18)13-8-6-9-15(11-13)19-3;/h6-7,12,15,17H,3-5,8-11H2,1-2H3;6,8-9,11,14,18H,4-5,7,10,12H2,1-3H3;1H/t15-,17+,18+;14-,16+;/m11./s1. The first-order valence-corrected chi connectivity index (χ1v) is 15.2. The first-order valence-electron chi connectivity index (χ1n) is 15.2. The molecular formula is C34H51BrN2O3. The molecule has 0 unspecified atom stereocenters. The summed E-state index contributed by atoms with van der Waals surface area (Å²) >= 11 is 0. The molecule has 2 aromatic rings. The molecule has 1 aliphatic heterocycles. The molecular weight excluding hydrogens is 564 g/mol. The lowest BCUT2D eigenvalue weighted by Gasteiger charge is -2.58. The SMILES string of the molecule is Br.COc1ccc2c(c1)[C@]13CCCC[C@@H]1[C@H](C2)N(C)CC3.COc1cccc([C@@]2(O)CCCC[C@@H]2CN(C)C)c1. The van der Waals surface area contributed by atoms with Crippen LogP contribution in [0.15, 0.2) is 42.5 Å². The molecule has 6 heteroatoms. The summed E-state index contributed by atoms with van der Waals surface area (Å²) < 4.78 is 10.8. The molecule has 0 radical (unpaired) electrons. The second-order valence-electron chi connectivity index (χ2n) is 12.9. The van der Waals surface area contributed by atoms with E-state index in [-0.39, 0.29) is 17.0 Å². The van der Waals surface area contributed by atoms with E-state index in [4.69, 9.17) is 9.47 Å². The van der Waals surface area contributed by atoms with Crippen LogP contribution in [0.5, 0.6) is 11.5 Å². The second-order valence-corrected chi connectivity index (χ2v) is 12.9. The molecule has 0 aromatic heterocycles. The van der Waals surface area contributed by atoms with Crippen molar-refractivity contribution in [3.63, 3.8) is 0 Å². The van der Waals surface area contributed by atoms with Crippen molar-refractivity contribution in [3.8, 4) is 11.5 Å². The zero-order valence-corrected chi connectivity index (χ0v) is 27.0. The minimum Gasteiger partial charge on any atom is -0.497 e. The third kappa shape index (κ3) is 5.97. The van der Waals surface area contributed by atoms with Crippen LogP contribution in [0.2, 0.25) is 0 Å². The van der Waals surface area contributed by atoms with Gasteiger partial charge in [-0.1, -0.05) is 43.9 Å². The van der Waals surface area contributed by atoms with Crippen molar-refractivity contribution in [3.05, 3.63) is 59.2 Å². The van der Waals surface area contributed by atoms with Gasteiger partial charge < -0.3 is 24.4 Å².